The van der Waals surface area contributed by atoms with E-state index in [9.17, 15) is 4.79 Å². The first kappa shape index (κ1) is 9.11. The first-order valence-electron chi connectivity index (χ1n) is 4.94. The lowest BCUT2D eigenvalue weighted by atomic mass is 10.1. The fourth-order valence-corrected chi connectivity index (χ4v) is 1.85. The van der Waals surface area contributed by atoms with Crippen molar-refractivity contribution < 1.29 is 4.79 Å². The molecule has 1 atom stereocenters. The van der Waals surface area contributed by atoms with Crippen molar-refractivity contribution in [3.63, 3.8) is 0 Å². The molecule has 0 spiro atoms. The number of anilines is 1. The zero-order chi connectivity index (χ0) is 11.1. The van der Waals surface area contributed by atoms with Crippen molar-refractivity contribution in [1.29, 1.82) is 0 Å². The summed E-state index contributed by atoms with van der Waals surface area (Å²) in [5.41, 5.74) is 8.30. The average Bonchev–Trinajstić information content (AvgIpc) is 2.88. The Morgan fingerprint density at radius 3 is 3.06 bits per heavy atom. The molecule has 1 aliphatic heterocycles. The number of carbonyl (C=O) groups is 1. The van der Waals surface area contributed by atoms with E-state index in [2.05, 4.69) is 10.3 Å². The molecule has 0 saturated carbocycles. The number of nitrogens with two attached hydrogens (primary N) is 1. The second kappa shape index (κ2) is 3.18. The number of fused-ring (bicyclic) bond motifs is 1. The minimum Gasteiger partial charge on any atom is -0.324 e. The first-order chi connectivity index (χ1) is 7.75. The summed E-state index contributed by atoms with van der Waals surface area (Å²) in [7, 11) is 0. The summed E-state index contributed by atoms with van der Waals surface area (Å²) in [6.45, 7) is 0. The molecule has 1 amide bonds. The van der Waals surface area contributed by atoms with E-state index in [-0.39, 0.29) is 5.91 Å². The molecule has 0 saturated heterocycles. The predicted molar refractivity (Wildman–Crippen MR) is 59.1 cm³/mol. The summed E-state index contributed by atoms with van der Waals surface area (Å²) < 4.78 is 1.87. The van der Waals surface area contributed by atoms with Crippen molar-refractivity contribution in [3.8, 4) is 5.69 Å². The van der Waals surface area contributed by atoms with Crippen LogP contribution >= 0.6 is 0 Å². The molecule has 2 aromatic rings. The highest BCUT2D eigenvalue weighted by molar-refractivity contribution is 6.02. The molecule has 0 bridgehead atoms. The van der Waals surface area contributed by atoms with E-state index < -0.39 is 6.04 Å². The van der Waals surface area contributed by atoms with Gasteiger partial charge in [-0.1, -0.05) is 6.07 Å². The van der Waals surface area contributed by atoms with Gasteiger partial charge in [0.2, 0.25) is 5.91 Å². The van der Waals surface area contributed by atoms with Crippen molar-refractivity contribution >= 4 is 11.6 Å². The van der Waals surface area contributed by atoms with E-state index in [0.29, 0.717) is 0 Å². The Hall–Kier alpha value is -2.14. The van der Waals surface area contributed by atoms with Crippen LogP contribution in [0.25, 0.3) is 5.69 Å². The normalized spacial score (nSPS) is 18.3. The number of aromatic nitrogens is 2. The van der Waals surface area contributed by atoms with Crippen LogP contribution in [0.3, 0.4) is 0 Å². The van der Waals surface area contributed by atoms with Crippen LogP contribution < -0.4 is 11.1 Å². The molecule has 1 aromatic carbocycles. The molecule has 1 unspecified atom stereocenters. The van der Waals surface area contributed by atoms with E-state index in [4.69, 9.17) is 5.73 Å². The van der Waals surface area contributed by atoms with Crippen LogP contribution in [0.1, 0.15) is 11.6 Å². The first-order valence-corrected chi connectivity index (χ1v) is 4.94. The summed E-state index contributed by atoms with van der Waals surface area (Å²) in [6, 6.07) is 5.13. The third-order valence-corrected chi connectivity index (χ3v) is 2.71. The van der Waals surface area contributed by atoms with Gasteiger partial charge >= 0.3 is 0 Å². The lowest BCUT2D eigenvalue weighted by Gasteiger charge is -2.05. The number of hydrogen-bond acceptors (Lipinski definition) is 3. The zero-order valence-corrected chi connectivity index (χ0v) is 8.42. The number of benzene rings is 1. The van der Waals surface area contributed by atoms with Crippen LogP contribution in [0, 0.1) is 0 Å². The number of amides is 1. The Labute approximate surface area is 91.9 Å². The van der Waals surface area contributed by atoms with Gasteiger partial charge < -0.3 is 15.6 Å². The van der Waals surface area contributed by atoms with Crippen molar-refractivity contribution in [2.24, 2.45) is 5.73 Å². The SMILES string of the molecule is NC1C(=O)Nc2cc(-n3ccnc3)ccc21. The number of hydrogen-bond donors (Lipinski definition) is 2. The number of carbonyl (C=O) groups excluding carboxylic acids is 1. The van der Waals surface area contributed by atoms with E-state index in [1.165, 1.54) is 0 Å². The summed E-state index contributed by atoms with van der Waals surface area (Å²) in [4.78, 5) is 15.3. The minimum atomic E-state index is -0.549. The maximum atomic E-state index is 11.4. The number of nitrogens with one attached hydrogen (secondary N) is 1. The quantitative estimate of drug-likeness (QED) is 0.738. The van der Waals surface area contributed by atoms with Crippen LogP contribution in [0.4, 0.5) is 5.69 Å². The fraction of sp³-hybridized carbons (Fsp3) is 0.0909. The molecule has 3 rings (SSSR count). The topological polar surface area (TPSA) is 72.9 Å². The monoisotopic (exact) mass is 214 g/mol. The third kappa shape index (κ3) is 1.22. The Morgan fingerprint density at radius 2 is 2.31 bits per heavy atom. The molecule has 0 fully saturated rings. The van der Waals surface area contributed by atoms with Crippen molar-refractivity contribution in [3.05, 3.63) is 42.5 Å². The Morgan fingerprint density at radius 1 is 1.44 bits per heavy atom. The molecule has 0 radical (unpaired) electrons. The minimum absolute atomic E-state index is 0.155. The van der Waals surface area contributed by atoms with Gasteiger partial charge in [0.15, 0.2) is 0 Å². The van der Waals surface area contributed by atoms with Gasteiger partial charge in [-0.3, -0.25) is 4.79 Å². The van der Waals surface area contributed by atoms with Gasteiger partial charge in [0.25, 0.3) is 0 Å². The maximum absolute atomic E-state index is 11.4. The van der Waals surface area contributed by atoms with Crippen LogP contribution in [0.5, 0.6) is 0 Å². The second-order valence-corrected chi connectivity index (χ2v) is 3.71. The highest BCUT2D eigenvalue weighted by Gasteiger charge is 2.26. The Balaban J connectivity index is 2.08. The Kier molecular flexibility index (Phi) is 1.81. The summed E-state index contributed by atoms with van der Waals surface area (Å²) in [6.07, 6.45) is 5.26. The molecule has 1 aliphatic rings. The van der Waals surface area contributed by atoms with Crippen LogP contribution in [0.2, 0.25) is 0 Å². The summed E-state index contributed by atoms with van der Waals surface area (Å²) >= 11 is 0. The molecule has 5 nitrogen and oxygen atoms in total. The summed E-state index contributed by atoms with van der Waals surface area (Å²) in [5, 5.41) is 2.75. The fourth-order valence-electron chi connectivity index (χ4n) is 1.85. The van der Waals surface area contributed by atoms with Crippen LogP contribution in [-0.2, 0) is 4.79 Å². The smallest absolute Gasteiger partial charge is 0.245 e. The van der Waals surface area contributed by atoms with Gasteiger partial charge in [0.1, 0.15) is 6.04 Å². The highest BCUT2D eigenvalue weighted by Crippen LogP contribution is 2.30. The molecule has 3 N–H and O–H groups in total. The highest BCUT2D eigenvalue weighted by atomic mass is 16.2. The Bertz CT molecular complexity index is 547. The van der Waals surface area contributed by atoms with Gasteiger partial charge in [-0.15, -0.1) is 0 Å². The van der Waals surface area contributed by atoms with Crippen molar-refractivity contribution in [1.82, 2.24) is 9.55 Å². The van der Waals surface area contributed by atoms with Gasteiger partial charge in [-0.25, -0.2) is 4.98 Å². The predicted octanol–water partition coefficient (Wildman–Crippen LogP) is 0.824. The second-order valence-electron chi connectivity index (χ2n) is 3.71. The molecule has 5 heteroatoms. The maximum Gasteiger partial charge on any atom is 0.245 e. The van der Waals surface area contributed by atoms with Crippen LogP contribution in [0.15, 0.2) is 36.9 Å². The standard InChI is InChI=1S/C11H10N4O/c12-10-8-2-1-7(15-4-3-13-6-15)5-9(8)14-11(10)16/h1-6,10H,12H2,(H,14,16). The molecule has 16 heavy (non-hydrogen) atoms. The summed E-state index contributed by atoms with van der Waals surface area (Å²) in [5.74, 6) is -0.155. The number of rotatable bonds is 1. The van der Waals surface area contributed by atoms with Crippen LogP contribution in [-0.4, -0.2) is 15.5 Å². The van der Waals surface area contributed by atoms with Gasteiger partial charge in [-0.2, -0.15) is 0 Å². The van der Waals surface area contributed by atoms with E-state index in [1.54, 1.807) is 12.5 Å². The van der Waals surface area contributed by atoms with E-state index in [1.807, 2.05) is 29.0 Å². The largest absolute Gasteiger partial charge is 0.324 e. The van der Waals surface area contributed by atoms with Crippen molar-refractivity contribution in [2.45, 2.75) is 6.04 Å². The van der Waals surface area contributed by atoms with Gasteiger partial charge in [-0.05, 0) is 12.1 Å². The third-order valence-electron chi connectivity index (χ3n) is 2.71. The number of nitrogens with zero attached hydrogens (tertiary/aromatic N) is 2. The lowest BCUT2D eigenvalue weighted by molar-refractivity contribution is -0.116. The molecular formula is C11H10N4O. The van der Waals surface area contributed by atoms with Gasteiger partial charge in [0, 0.05) is 29.3 Å². The molecule has 2 heterocycles. The average molecular weight is 214 g/mol. The molecular weight excluding hydrogens is 204 g/mol. The number of imidazole rings is 1. The molecule has 1 aromatic heterocycles. The van der Waals surface area contributed by atoms with E-state index in [0.717, 1.165) is 16.9 Å². The zero-order valence-electron chi connectivity index (χ0n) is 8.42. The molecule has 80 valence electrons. The van der Waals surface area contributed by atoms with E-state index >= 15 is 0 Å². The van der Waals surface area contributed by atoms with Gasteiger partial charge in [0.05, 0.1) is 6.33 Å². The lowest BCUT2D eigenvalue weighted by Crippen LogP contribution is -2.19. The van der Waals surface area contributed by atoms with Crippen molar-refractivity contribution in [2.75, 3.05) is 5.32 Å². The molecule has 0 aliphatic carbocycles.